The predicted octanol–water partition coefficient (Wildman–Crippen LogP) is 1.86. The highest BCUT2D eigenvalue weighted by atomic mass is 35.5. The number of hydrogen-bond donors (Lipinski definition) is 1. The first-order valence-corrected chi connectivity index (χ1v) is 6.86. The van der Waals surface area contributed by atoms with Gasteiger partial charge in [-0.1, -0.05) is 11.6 Å². The van der Waals surface area contributed by atoms with Crippen molar-refractivity contribution < 1.29 is 14.3 Å². The van der Waals surface area contributed by atoms with E-state index in [1.165, 1.54) is 11.8 Å². The molecular weight excluding hydrogens is 274 g/mol. The van der Waals surface area contributed by atoms with Crippen LogP contribution in [0.4, 0.5) is 0 Å². The molecule has 1 saturated heterocycles. The maximum Gasteiger partial charge on any atom is 0.328 e. The molecule has 0 aliphatic carbocycles. The van der Waals surface area contributed by atoms with E-state index in [1.54, 1.807) is 12.1 Å². The van der Waals surface area contributed by atoms with Crippen LogP contribution in [0.25, 0.3) is 0 Å². The maximum atomic E-state index is 11.6. The highest BCUT2D eigenvalue weighted by Crippen LogP contribution is 2.20. The fraction of sp³-hybridized carbons (Fsp3) is 0.333. The minimum Gasteiger partial charge on any atom is -0.464 e. The lowest BCUT2D eigenvalue weighted by Crippen LogP contribution is -2.38. The van der Waals surface area contributed by atoms with Crippen molar-refractivity contribution >= 4 is 35.2 Å². The minimum atomic E-state index is -0.483. The third-order valence-corrected chi connectivity index (χ3v) is 3.72. The van der Waals surface area contributed by atoms with Gasteiger partial charge in [-0.2, -0.15) is 0 Å². The van der Waals surface area contributed by atoms with E-state index < -0.39 is 6.04 Å². The summed E-state index contributed by atoms with van der Waals surface area (Å²) in [6.45, 7) is 0.383. The van der Waals surface area contributed by atoms with E-state index in [9.17, 15) is 9.59 Å². The number of amides is 1. The van der Waals surface area contributed by atoms with E-state index in [2.05, 4.69) is 5.32 Å². The third kappa shape index (κ3) is 3.65. The molecule has 0 unspecified atom stereocenters. The average molecular weight is 286 g/mol. The number of carbonyl (C=O) groups is 2. The Bertz CT molecular complexity index is 449. The fourth-order valence-electron chi connectivity index (χ4n) is 1.54. The number of nitrogens with one attached hydrogen (secondary N) is 1. The van der Waals surface area contributed by atoms with Gasteiger partial charge < -0.3 is 10.1 Å². The normalized spacial score (nSPS) is 18.5. The van der Waals surface area contributed by atoms with E-state index in [1.807, 2.05) is 12.1 Å². The van der Waals surface area contributed by atoms with Crippen LogP contribution in [0.5, 0.6) is 0 Å². The second-order valence-electron chi connectivity index (χ2n) is 3.82. The smallest absolute Gasteiger partial charge is 0.328 e. The Morgan fingerprint density at radius 1 is 1.44 bits per heavy atom. The number of halogens is 1. The lowest BCUT2D eigenvalue weighted by Gasteiger charge is -2.08. The summed E-state index contributed by atoms with van der Waals surface area (Å²) in [4.78, 5) is 23.7. The van der Waals surface area contributed by atoms with Crippen LogP contribution < -0.4 is 5.32 Å². The summed E-state index contributed by atoms with van der Waals surface area (Å²) in [5.74, 6) is -0.246. The summed E-state index contributed by atoms with van der Waals surface area (Å²) in [6, 6.07) is 6.77. The summed E-state index contributed by atoms with van der Waals surface area (Å²) in [5, 5.41) is 3.31. The Hall–Kier alpha value is -1.20. The van der Waals surface area contributed by atoms with E-state index >= 15 is 0 Å². The minimum absolute atomic E-state index is 0.168. The van der Waals surface area contributed by atoms with Gasteiger partial charge in [0, 0.05) is 16.3 Å². The topological polar surface area (TPSA) is 55.4 Å². The highest BCUT2D eigenvalue weighted by molar-refractivity contribution is 8.00. The van der Waals surface area contributed by atoms with Crippen molar-refractivity contribution in [1.82, 2.24) is 5.32 Å². The lowest BCUT2D eigenvalue weighted by atomic mass is 10.2. The zero-order valence-electron chi connectivity index (χ0n) is 9.52. The molecule has 1 heterocycles. The van der Waals surface area contributed by atoms with Crippen molar-refractivity contribution in [2.24, 2.45) is 0 Å². The summed E-state index contributed by atoms with van der Waals surface area (Å²) in [5.41, 5.74) is 0. The molecule has 2 rings (SSSR count). The summed E-state index contributed by atoms with van der Waals surface area (Å²) in [7, 11) is 0. The van der Waals surface area contributed by atoms with Gasteiger partial charge >= 0.3 is 5.97 Å². The average Bonchev–Trinajstić information content (AvgIpc) is 2.74. The molecule has 1 aliphatic heterocycles. The number of hydrogen-bond acceptors (Lipinski definition) is 4. The number of cyclic esters (lactones) is 1. The van der Waals surface area contributed by atoms with Crippen molar-refractivity contribution in [1.29, 1.82) is 0 Å². The largest absolute Gasteiger partial charge is 0.464 e. The summed E-state index contributed by atoms with van der Waals surface area (Å²) < 4.78 is 4.77. The fourth-order valence-corrected chi connectivity index (χ4v) is 2.38. The number of benzene rings is 1. The van der Waals surface area contributed by atoms with Crippen LogP contribution >= 0.6 is 23.4 Å². The first kappa shape index (κ1) is 13.2. The third-order valence-electron chi connectivity index (χ3n) is 2.45. The van der Waals surface area contributed by atoms with Gasteiger partial charge in [-0.25, -0.2) is 4.79 Å². The molecule has 1 aliphatic rings. The van der Waals surface area contributed by atoms with E-state index in [0.717, 1.165) is 4.90 Å². The molecule has 96 valence electrons. The molecule has 0 spiro atoms. The van der Waals surface area contributed by atoms with Crippen LogP contribution in [0.15, 0.2) is 29.2 Å². The molecule has 1 amide bonds. The van der Waals surface area contributed by atoms with Gasteiger partial charge in [0.25, 0.3) is 0 Å². The van der Waals surface area contributed by atoms with Crippen molar-refractivity contribution in [2.75, 3.05) is 12.4 Å². The van der Waals surface area contributed by atoms with Gasteiger partial charge in [-0.15, -0.1) is 11.8 Å². The standard InChI is InChI=1S/C12H12ClNO3S/c13-8-1-3-9(4-2-8)18-7-11(15)14-10-5-6-17-12(10)16/h1-4,10H,5-7H2,(H,14,15)/t10-/m0/s1. The van der Waals surface area contributed by atoms with Crippen molar-refractivity contribution in [2.45, 2.75) is 17.4 Å². The monoisotopic (exact) mass is 285 g/mol. The van der Waals surface area contributed by atoms with Crippen LogP contribution in [-0.4, -0.2) is 30.3 Å². The van der Waals surface area contributed by atoms with Gasteiger partial charge in [-0.3, -0.25) is 4.79 Å². The van der Waals surface area contributed by atoms with E-state index in [0.29, 0.717) is 18.1 Å². The second kappa shape index (κ2) is 6.11. The van der Waals surface area contributed by atoms with Crippen LogP contribution in [-0.2, 0) is 14.3 Å². The molecule has 1 aromatic rings. The second-order valence-corrected chi connectivity index (χ2v) is 5.30. The van der Waals surface area contributed by atoms with Crippen LogP contribution in [0.2, 0.25) is 5.02 Å². The van der Waals surface area contributed by atoms with Gasteiger partial charge in [0.05, 0.1) is 12.4 Å². The van der Waals surface area contributed by atoms with E-state index in [-0.39, 0.29) is 17.6 Å². The Labute approximate surface area is 114 Å². The number of carbonyl (C=O) groups excluding carboxylic acids is 2. The molecule has 1 aromatic carbocycles. The SMILES string of the molecule is O=C(CSc1ccc(Cl)cc1)N[C@H]1CCOC1=O. The first-order chi connectivity index (χ1) is 8.65. The summed E-state index contributed by atoms with van der Waals surface area (Å²) >= 11 is 7.16. The van der Waals surface area contributed by atoms with Crippen LogP contribution in [0.3, 0.4) is 0 Å². The predicted molar refractivity (Wildman–Crippen MR) is 69.7 cm³/mol. The number of rotatable bonds is 4. The van der Waals surface area contributed by atoms with Gasteiger partial charge in [-0.05, 0) is 24.3 Å². The van der Waals surface area contributed by atoms with Crippen molar-refractivity contribution in [3.05, 3.63) is 29.3 Å². The van der Waals surface area contributed by atoms with Crippen LogP contribution in [0, 0.1) is 0 Å². The molecule has 0 radical (unpaired) electrons. The Balaban J connectivity index is 1.78. The first-order valence-electron chi connectivity index (χ1n) is 5.49. The lowest BCUT2D eigenvalue weighted by molar-refractivity contribution is -0.141. The molecule has 1 fully saturated rings. The highest BCUT2D eigenvalue weighted by Gasteiger charge is 2.27. The zero-order valence-corrected chi connectivity index (χ0v) is 11.1. The van der Waals surface area contributed by atoms with Crippen molar-refractivity contribution in [3.8, 4) is 0 Å². The van der Waals surface area contributed by atoms with E-state index in [4.69, 9.17) is 16.3 Å². The zero-order chi connectivity index (χ0) is 13.0. The quantitative estimate of drug-likeness (QED) is 0.678. The summed E-state index contributed by atoms with van der Waals surface area (Å²) in [6.07, 6.45) is 0.552. The Morgan fingerprint density at radius 3 is 2.78 bits per heavy atom. The molecule has 18 heavy (non-hydrogen) atoms. The number of ether oxygens (including phenoxy) is 1. The Kier molecular flexibility index (Phi) is 4.49. The van der Waals surface area contributed by atoms with Gasteiger partial charge in [0.15, 0.2) is 0 Å². The maximum absolute atomic E-state index is 11.6. The Morgan fingerprint density at radius 2 is 2.17 bits per heavy atom. The molecule has 1 N–H and O–H groups in total. The molecule has 0 bridgehead atoms. The molecule has 1 atom stereocenters. The molecule has 4 nitrogen and oxygen atoms in total. The molecule has 0 aromatic heterocycles. The molecular formula is C12H12ClNO3S. The number of thioether (sulfide) groups is 1. The molecule has 6 heteroatoms. The molecule has 0 saturated carbocycles. The number of esters is 1. The van der Waals surface area contributed by atoms with Gasteiger partial charge in [0.2, 0.25) is 5.91 Å². The van der Waals surface area contributed by atoms with Gasteiger partial charge in [0.1, 0.15) is 6.04 Å². The van der Waals surface area contributed by atoms with Crippen LogP contribution in [0.1, 0.15) is 6.42 Å². The van der Waals surface area contributed by atoms with Crippen molar-refractivity contribution in [3.63, 3.8) is 0 Å².